The quantitative estimate of drug-likeness (QED) is 0.355. The number of fused-ring (bicyclic) bond motifs is 1. The molecule has 2 heteroatoms. The zero-order valence-electron chi connectivity index (χ0n) is 13.6. The van der Waals surface area contributed by atoms with E-state index in [1.807, 2.05) is 84.9 Å². The van der Waals surface area contributed by atoms with Crippen molar-refractivity contribution >= 4 is 16.7 Å². The van der Waals surface area contributed by atoms with Crippen molar-refractivity contribution in [3.05, 3.63) is 103 Å². The molecular formula is C23H16O2. The van der Waals surface area contributed by atoms with Gasteiger partial charge in [0.2, 0.25) is 0 Å². The second-order valence-corrected chi connectivity index (χ2v) is 5.81. The zero-order valence-corrected chi connectivity index (χ0v) is 13.6. The van der Waals surface area contributed by atoms with Crippen LogP contribution in [0.5, 0.6) is 5.75 Å². The Labute approximate surface area is 146 Å². The van der Waals surface area contributed by atoms with E-state index in [9.17, 15) is 4.79 Å². The van der Waals surface area contributed by atoms with Crippen molar-refractivity contribution in [2.45, 2.75) is 0 Å². The van der Waals surface area contributed by atoms with Crippen LogP contribution in [-0.4, -0.2) is 5.97 Å². The standard InChI is InChI=1S/C23H16O2/c24-23(25-22-12-6-10-19-9-4-5-11-21(19)22)20-15-13-18(14-16-20)17-7-2-1-3-8-17/h1-16H. The van der Waals surface area contributed by atoms with Crippen LogP contribution in [0.3, 0.4) is 0 Å². The van der Waals surface area contributed by atoms with Gasteiger partial charge in [-0.3, -0.25) is 0 Å². The molecule has 25 heavy (non-hydrogen) atoms. The summed E-state index contributed by atoms with van der Waals surface area (Å²) in [5, 5.41) is 1.98. The molecular weight excluding hydrogens is 308 g/mol. The lowest BCUT2D eigenvalue weighted by Gasteiger charge is -2.08. The number of carbonyl (C=O) groups is 1. The molecule has 0 atom stereocenters. The Hall–Kier alpha value is -3.39. The van der Waals surface area contributed by atoms with Gasteiger partial charge < -0.3 is 4.74 Å². The molecule has 0 radical (unpaired) electrons. The van der Waals surface area contributed by atoms with E-state index >= 15 is 0 Å². The number of benzene rings is 4. The van der Waals surface area contributed by atoms with Crippen LogP contribution < -0.4 is 4.74 Å². The molecule has 2 nitrogen and oxygen atoms in total. The summed E-state index contributed by atoms with van der Waals surface area (Å²) in [5.74, 6) is 0.228. The van der Waals surface area contributed by atoms with E-state index in [0.29, 0.717) is 11.3 Å². The summed E-state index contributed by atoms with van der Waals surface area (Å²) in [6.07, 6.45) is 0. The Morgan fingerprint density at radius 2 is 1.24 bits per heavy atom. The van der Waals surface area contributed by atoms with E-state index in [0.717, 1.165) is 21.9 Å². The Morgan fingerprint density at radius 1 is 0.600 bits per heavy atom. The van der Waals surface area contributed by atoms with Crippen LogP contribution >= 0.6 is 0 Å². The minimum atomic E-state index is -0.351. The Morgan fingerprint density at radius 3 is 2.04 bits per heavy atom. The molecule has 0 heterocycles. The van der Waals surface area contributed by atoms with E-state index in [4.69, 9.17) is 4.74 Å². The van der Waals surface area contributed by atoms with Crippen LogP contribution in [0.1, 0.15) is 10.4 Å². The zero-order chi connectivity index (χ0) is 17.1. The van der Waals surface area contributed by atoms with Crippen LogP contribution in [0.4, 0.5) is 0 Å². The minimum absolute atomic E-state index is 0.351. The normalized spacial score (nSPS) is 10.6. The first kappa shape index (κ1) is 15.2. The molecule has 4 aromatic rings. The number of carbonyl (C=O) groups excluding carboxylic acids is 1. The summed E-state index contributed by atoms with van der Waals surface area (Å²) in [4.78, 5) is 12.5. The summed E-state index contributed by atoms with van der Waals surface area (Å²) in [5.41, 5.74) is 2.73. The van der Waals surface area contributed by atoms with Crippen LogP contribution in [0.2, 0.25) is 0 Å². The van der Waals surface area contributed by atoms with Crippen molar-refractivity contribution in [2.75, 3.05) is 0 Å². The lowest BCUT2D eigenvalue weighted by atomic mass is 10.0. The van der Waals surface area contributed by atoms with Crippen molar-refractivity contribution in [1.82, 2.24) is 0 Å². The molecule has 4 rings (SSSR count). The fourth-order valence-corrected chi connectivity index (χ4v) is 2.87. The lowest BCUT2D eigenvalue weighted by Crippen LogP contribution is -2.08. The van der Waals surface area contributed by atoms with Crippen LogP contribution in [-0.2, 0) is 0 Å². The maximum atomic E-state index is 12.5. The summed E-state index contributed by atoms with van der Waals surface area (Å²) in [7, 11) is 0. The van der Waals surface area contributed by atoms with E-state index in [1.54, 1.807) is 12.1 Å². The molecule has 120 valence electrons. The van der Waals surface area contributed by atoms with Crippen LogP contribution in [0, 0.1) is 0 Å². The SMILES string of the molecule is O=C(Oc1cccc2ccccc12)c1ccc(-c2ccccc2)cc1. The molecule has 0 bridgehead atoms. The highest BCUT2D eigenvalue weighted by Gasteiger charge is 2.11. The van der Waals surface area contributed by atoms with Gasteiger partial charge in [0.1, 0.15) is 5.75 Å². The fraction of sp³-hybridized carbons (Fsp3) is 0. The first-order chi connectivity index (χ1) is 12.3. The molecule has 0 spiro atoms. The van der Waals surface area contributed by atoms with E-state index in [-0.39, 0.29) is 5.97 Å². The van der Waals surface area contributed by atoms with Gasteiger partial charge in [-0.2, -0.15) is 0 Å². The third kappa shape index (κ3) is 3.15. The molecule has 0 aromatic heterocycles. The summed E-state index contributed by atoms with van der Waals surface area (Å²) < 4.78 is 5.62. The van der Waals surface area contributed by atoms with Gasteiger partial charge in [0.05, 0.1) is 5.56 Å². The topological polar surface area (TPSA) is 26.3 Å². The number of esters is 1. The molecule has 4 aromatic carbocycles. The van der Waals surface area contributed by atoms with Crippen molar-refractivity contribution in [3.63, 3.8) is 0 Å². The highest BCUT2D eigenvalue weighted by Crippen LogP contribution is 2.26. The first-order valence-electron chi connectivity index (χ1n) is 8.17. The second-order valence-electron chi connectivity index (χ2n) is 5.81. The molecule has 0 aliphatic heterocycles. The number of hydrogen-bond donors (Lipinski definition) is 0. The maximum Gasteiger partial charge on any atom is 0.343 e. The molecule has 0 saturated carbocycles. The minimum Gasteiger partial charge on any atom is -0.422 e. The van der Waals surface area contributed by atoms with Crippen molar-refractivity contribution in [2.24, 2.45) is 0 Å². The summed E-state index contributed by atoms with van der Waals surface area (Å²) in [6, 6.07) is 31.1. The number of hydrogen-bond acceptors (Lipinski definition) is 2. The highest BCUT2D eigenvalue weighted by atomic mass is 16.5. The van der Waals surface area contributed by atoms with Gasteiger partial charge in [0.25, 0.3) is 0 Å². The number of rotatable bonds is 3. The predicted octanol–water partition coefficient (Wildman–Crippen LogP) is 5.73. The average Bonchev–Trinajstić information content (AvgIpc) is 2.69. The van der Waals surface area contributed by atoms with Gasteiger partial charge in [-0.05, 0) is 34.7 Å². The molecule has 0 amide bonds. The van der Waals surface area contributed by atoms with Gasteiger partial charge in [-0.25, -0.2) is 4.79 Å². The van der Waals surface area contributed by atoms with Crippen molar-refractivity contribution in [1.29, 1.82) is 0 Å². The summed E-state index contributed by atoms with van der Waals surface area (Å²) in [6.45, 7) is 0. The third-order valence-electron chi connectivity index (χ3n) is 4.18. The Kier molecular flexibility index (Phi) is 4.01. The first-order valence-corrected chi connectivity index (χ1v) is 8.17. The van der Waals surface area contributed by atoms with Gasteiger partial charge in [0, 0.05) is 5.39 Å². The molecule has 0 aliphatic carbocycles. The van der Waals surface area contributed by atoms with Gasteiger partial charge >= 0.3 is 5.97 Å². The Balaban J connectivity index is 1.59. The maximum absolute atomic E-state index is 12.5. The van der Waals surface area contributed by atoms with Gasteiger partial charge in [-0.1, -0.05) is 78.9 Å². The lowest BCUT2D eigenvalue weighted by molar-refractivity contribution is 0.0737. The molecule has 0 saturated heterocycles. The van der Waals surface area contributed by atoms with Gasteiger partial charge in [0.15, 0.2) is 0 Å². The molecule has 0 N–H and O–H groups in total. The highest BCUT2D eigenvalue weighted by molar-refractivity contribution is 5.95. The van der Waals surface area contributed by atoms with Crippen LogP contribution in [0.15, 0.2) is 97.1 Å². The van der Waals surface area contributed by atoms with E-state index in [2.05, 4.69) is 0 Å². The summed E-state index contributed by atoms with van der Waals surface area (Å²) >= 11 is 0. The van der Waals surface area contributed by atoms with Crippen molar-refractivity contribution < 1.29 is 9.53 Å². The molecule has 0 fully saturated rings. The predicted molar refractivity (Wildman–Crippen MR) is 101 cm³/mol. The van der Waals surface area contributed by atoms with Crippen LogP contribution in [0.25, 0.3) is 21.9 Å². The van der Waals surface area contributed by atoms with Gasteiger partial charge in [-0.15, -0.1) is 0 Å². The monoisotopic (exact) mass is 324 g/mol. The second kappa shape index (κ2) is 6.62. The average molecular weight is 324 g/mol. The Bertz CT molecular complexity index is 1010. The smallest absolute Gasteiger partial charge is 0.343 e. The van der Waals surface area contributed by atoms with E-state index in [1.165, 1.54) is 0 Å². The van der Waals surface area contributed by atoms with Crippen molar-refractivity contribution in [3.8, 4) is 16.9 Å². The fourth-order valence-electron chi connectivity index (χ4n) is 2.87. The largest absolute Gasteiger partial charge is 0.422 e. The molecule has 0 aliphatic rings. The third-order valence-corrected chi connectivity index (χ3v) is 4.18. The molecule has 0 unspecified atom stereocenters. The number of ether oxygens (including phenoxy) is 1. The van der Waals surface area contributed by atoms with E-state index < -0.39 is 0 Å².